The van der Waals surface area contributed by atoms with E-state index in [1.807, 2.05) is 38.1 Å². The summed E-state index contributed by atoms with van der Waals surface area (Å²) in [5.41, 5.74) is 2.14. The second-order valence-electron chi connectivity index (χ2n) is 9.51. The first-order valence-corrected chi connectivity index (χ1v) is 13.4. The number of amides is 2. The molecule has 0 atom stereocenters. The summed E-state index contributed by atoms with van der Waals surface area (Å²) in [6, 6.07) is 21.9. The van der Waals surface area contributed by atoms with E-state index in [0.717, 1.165) is 16.6 Å². The molecule has 208 valence electrons. The van der Waals surface area contributed by atoms with Crippen LogP contribution in [-0.2, 0) is 29.1 Å². The molecule has 9 nitrogen and oxygen atoms in total. The SMILES string of the molecule is CCOc1ccccc1NC(=O)Cn1c(=O)n(CCCC(=O)NCCc2ccc(C)cc2)c(=O)c2ccccc21. The molecule has 40 heavy (non-hydrogen) atoms. The van der Waals surface area contributed by atoms with Gasteiger partial charge in [0.25, 0.3) is 5.56 Å². The number of fused-ring (bicyclic) bond motifs is 1. The number of nitrogens with zero attached hydrogens (tertiary/aromatic N) is 2. The Bertz CT molecular complexity index is 1610. The largest absolute Gasteiger partial charge is 0.492 e. The van der Waals surface area contributed by atoms with Crippen molar-refractivity contribution < 1.29 is 14.3 Å². The Morgan fingerprint density at radius 3 is 2.38 bits per heavy atom. The molecule has 2 N–H and O–H groups in total. The summed E-state index contributed by atoms with van der Waals surface area (Å²) < 4.78 is 7.96. The van der Waals surface area contributed by atoms with Gasteiger partial charge in [0, 0.05) is 19.5 Å². The minimum atomic E-state index is -0.600. The molecule has 0 aliphatic carbocycles. The van der Waals surface area contributed by atoms with Crippen LogP contribution in [0.5, 0.6) is 5.75 Å². The van der Waals surface area contributed by atoms with Gasteiger partial charge in [0.2, 0.25) is 11.8 Å². The van der Waals surface area contributed by atoms with Gasteiger partial charge in [0.05, 0.1) is 23.2 Å². The van der Waals surface area contributed by atoms with Crippen molar-refractivity contribution in [2.24, 2.45) is 0 Å². The van der Waals surface area contributed by atoms with Gasteiger partial charge in [-0.3, -0.25) is 23.5 Å². The standard InChI is InChI=1S/C31H34N4O5/c1-3-40-27-12-7-5-10-25(27)33-29(37)21-35-26-11-6-4-9-24(26)30(38)34(31(35)39)20-8-13-28(36)32-19-18-23-16-14-22(2)15-17-23/h4-7,9-12,14-17H,3,8,13,18-21H2,1-2H3,(H,32,36)(H,33,37). The summed E-state index contributed by atoms with van der Waals surface area (Å²) in [4.78, 5) is 51.9. The monoisotopic (exact) mass is 542 g/mol. The fraction of sp³-hybridized carbons (Fsp3) is 0.290. The molecule has 0 radical (unpaired) electrons. The van der Waals surface area contributed by atoms with Gasteiger partial charge in [0.1, 0.15) is 12.3 Å². The quantitative estimate of drug-likeness (QED) is 0.284. The van der Waals surface area contributed by atoms with E-state index in [-0.39, 0.29) is 25.4 Å². The van der Waals surface area contributed by atoms with Gasteiger partial charge in [-0.1, -0.05) is 54.1 Å². The average molecular weight is 543 g/mol. The summed E-state index contributed by atoms with van der Waals surface area (Å²) in [5, 5.41) is 6.02. The van der Waals surface area contributed by atoms with E-state index >= 15 is 0 Å². The predicted octanol–water partition coefficient (Wildman–Crippen LogP) is 3.65. The van der Waals surface area contributed by atoms with Gasteiger partial charge in [-0.15, -0.1) is 0 Å². The van der Waals surface area contributed by atoms with Crippen molar-refractivity contribution in [1.29, 1.82) is 0 Å². The van der Waals surface area contributed by atoms with Crippen molar-refractivity contribution >= 4 is 28.4 Å². The zero-order valence-electron chi connectivity index (χ0n) is 22.8. The van der Waals surface area contributed by atoms with E-state index in [9.17, 15) is 19.2 Å². The highest BCUT2D eigenvalue weighted by Gasteiger charge is 2.16. The maximum absolute atomic E-state index is 13.4. The maximum Gasteiger partial charge on any atom is 0.331 e. The number of nitrogens with one attached hydrogen (secondary N) is 2. The third kappa shape index (κ3) is 7.05. The molecule has 9 heteroatoms. The Hall–Kier alpha value is -4.66. The van der Waals surface area contributed by atoms with Crippen LogP contribution >= 0.6 is 0 Å². The zero-order valence-corrected chi connectivity index (χ0v) is 22.8. The van der Waals surface area contributed by atoms with Gasteiger partial charge < -0.3 is 15.4 Å². The van der Waals surface area contributed by atoms with E-state index in [0.29, 0.717) is 41.9 Å². The van der Waals surface area contributed by atoms with Gasteiger partial charge >= 0.3 is 5.69 Å². The van der Waals surface area contributed by atoms with Crippen molar-refractivity contribution in [1.82, 2.24) is 14.5 Å². The summed E-state index contributed by atoms with van der Waals surface area (Å²) in [6.07, 6.45) is 1.19. The van der Waals surface area contributed by atoms with Crippen molar-refractivity contribution in [2.45, 2.75) is 46.2 Å². The second kappa shape index (κ2) is 13.4. The first kappa shape index (κ1) is 28.4. The number of anilines is 1. The molecule has 0 saturated carbocycles. The molecule has 0 unspecified atom stereocenters. The van der Waals surface area contributed by atoms with E-state index < -0.39 is 17.2 Å². The molecule has 1 aromatic heterocycles. The van der Waals surface area contributed by atoms with Crippen LogP contribution in [0.4, 0.5) is 5.69 Å². The van der Waals surface area contributed by atoms with Crippen LogP contribution in [0.2, 0.25) is 0 Å². The predicted molar refractivity (Wildman–Crippen MR) is 156 cm³/mol. The van der Waals surface area contributed by atoms with Crippen molar-refractivity contribution in [2.75, 3.05) is 18.5 Å². The molecular weight excluding hydrogens is 508 g/mol. The van der Waals surface area contributed by atoms with E-state index in [1.54, 1.807) is 48.5 Å². The van der Waals surface area contributed by atoms with Crippen molar-refractivity contribution in [3.63, 3.8) is 0 Å². The lowest BCUT2D eigenvalue weighted by molar-refractivity contribution is -0.121. The molecule has 1 heterocycles. The number of aryl methyl sites for hydroxylation is 1. The number of rotatable bonds is 12. The van der Waals surface area contributed by atoms with Gasteiger partial charge in [-0.2, -0.15) is 0 Å². The Morgan fingerprint density at radius 2 is 1.60 bits per heavy atom. The molecule has 4 rings (SSSR count). The molecule has 0 spiro atoms. The fourth-order valence-corrected chi connectivity index (χ4v) is 4.49. The Morgan fingerprint density at radius 1 is 0.875 bits per heavy atom. The molecule has 4 aromatic rings. The number of aromatic nitrogens is 2. The lowest BCUT2D eigenvalue weighted by atomic mass is 10.1. The Kier molecular flexibility index (Phi) is 9.51. The molecule has 0 aliphatic heterocycles. The number of ether oxygens (including phenoxy) is 1. The van der Waals surface area contributed by atoms with Crippen LogP contribution < -0.4 is 26.6 Å². The number of para-hydroxylation sites is 3. The van der Waals surface area contributed by atoms with E-state index in [2.05, 4.69) is 10.6 Å². The van der Waals surface area contributed by atoms with Crippen LogP contribution in [0.25, 0.3) is 10.9 Å². The first-order chi connectivity index (χ1) is 19.4. The van der Waals surface area contributed by atoms with Gasteiger partial charge in [-0.05, 0) is 56.5 Å². The third-order valence-electron chi connectivity index (χ3n) is 6.54. The van der Waals surface area contributed by atoms with Crippen molar-refractivity contribution in [3.8, 4) is 5.75 Å². The van der Waals surface area contributed by atoms with Crippen LogP contribution in [0, 0.1) is 6.92 Å². The maximum atomic E-state index is 13.4. The van der Waals surface area contributed by atoms with E-state index in [1.165, 1.54) is 10.1 Å². The Balaban J connectivity index is 1.44. The molecule has 0 saturated heterocycles. The summed E-state index contributed by atoms with van der Waals surface area (Å²) in [5.74, 6) is -0.0520. The number of carbonyl (C=O) groups excluding carboxylic acids is 2. The van der Waals surface area contributed by atoms with Gasteiger partial charge in [-0.25, -0.2) is 4.79 Å². The normalized spacial score (nSPS) is 10.8. The number of benzene rings is 3. The van der Waals surface area contributed by atoms with Crippen LogP contribution in [0.15, 0.2) is 82.4 Å². The topological polar surface area (TPSA) is 111 Å². The number of hydrogen-bond acceptors (Lipinski definition) is 5. The smallest absolute Gasteiger partial charge is 0.331 e. The third-order valence-corrected chi connectivity index (χ3v) is 6.54. The van der Waals surface area contributed by atoms with Crippen LogP contribution in [0.1, 0.15) is 30.9 Å². The number of hydrogen-bond donors (Lipinski definition) is 2. The molecule has 2 amide bonds. The molecule has 0 fully saturated rings. The van der Waals surface area contributed by atoms with Crippen LogP contribution in [-0.4, -0.2) is 34.1 Å². The minimum absolute atomic E-state index is 0.0582. The number of carbonyl (C=O) groups is 2. The summed E-state index contributed by atoms with van der Waals surface area (Å²) in [6.45, 7) is 4.59. The van der Waals surface area contributed by atoms with E-state index in [4.69, 9.17) is 4.74 Å². The summed E-state index contributed by atoms with van der Waals surface area (Å²) >= 11 is 0. The molecule has 0 aliphatic rings. The lowest BCUT2D eigenvalue weighted by Gasteiger charge is -2.15. The highest BCUT2D eigenvalue weighted by Crippen LogP contribution is 2.23. The highest BCUT2D eigenvalue weighted by atomic mass is 16.5. The van der Waals surface area contributed by atoms with Crippen LogP contribution in [0.3, 0.4) is 0 Å². The average Bonchev–Trinajstić information content (AvgIpc) is 2.95. The fourth-order valence-electron chi connectivity index (χ4n) is 4.49. The van der Waals surface area contributed by atoms with Crippen molar-refractivity contribution in [3.05, 3.63) is 105 Å². The lowest BCUT2D eigenvalue weighted by Crippen LogP contribution is -2.42. The minimum Gasteiger partial charge on any atom is -0.492 e. The zero-order chi connectivity index (χ0) is 28.5. The second-order valence-corrected chi connectivity index (χ2v) is 9.51. The first-order valence-electron chi connectivity index (χ1n) is 13.4. The molecule has 3 aromatic carbocycles. The summed E-state index contributed by atoms with van der Waals surface area (Å²) in [7, 11) is 0. The molecule has 0 bridgehead atoms. The van der Waals surface area contributed by atoms with Gasteiger partial charge in [0.15, 0.2) is 0 Å². The highest BCUT2D eigenvalue weighted by molar-refractivity contribution is 5.93. The Labute approximate surface area is 232 Å². The molecular formula is C31H34N4O5.